The highest BCUT2D eigenvalue weighted by molar-refractivity contribution is 5.80. The van der Waals surface area contributed by atoms with Crippen LogP contribution in [-0.2, 0) is 17.5 Å². The lowest BCUT2D eigenvalue weighted by Gasteiger charge is -2.12. The summed E-state index contributed by atoms with van der Waals surface area (Å²) in [7, 11) is 0. The van der Waals surface area contributed by atoms with Crippen molar-refractivity contribution < 1.29 is 22.8 Å². The number of nitrogens with zero attached hydrogens (tertiary/aromatic N) is 2. The predicted octanol–water partition coefficient (Wildman–Crippen LogP) is 1.03. The van der Waals surface area contributed by atoms with Crippen molar-refractivity contribution in [3.8, 4) is 0 Å². The molecule has 1 saturated carbocycles. The van der Waals surface area contributed by atoms with Gasteiger partial charge in [-0.05, 0) is 24.3 Å². The van der Waals surface area contributed by atoms with Crippen LogP contribution in [0.15, 0.2) is 12.3 Å². The zero-order chi connectivity index (χ0) is 16.4. The third kappa shape index (κ3) is 4.64. The quantitative estimate of drug-likeness (QED) is 0.724. The van der Waals surface area contributed by atoms with Gasteiger partial charge in [0.25, 0.3) is 5.91 Å². The first-order valence-electron chi connectivity index (χ1n) is 6.61. The lowest BCUT2D eigenvalue weighted by Crippen LogP contribution is -2.48. The number of carbonyl (C=O) groups excluding carboxylic acids is 2. The lowest BCUT2D eigenvalue weighted by molar-refractivity contribution is -0.141. The fraction of sp³-hybridized carbons (Fsp3) is 0.583. The van der Waals surface area contributed by atoms with Crippen molar-refractivity contribution in [3.63, 3.8) is 0 Å². The SMILES string of the molecule is CC1(CNC(=O)NNC(=O)Cn2ccc(C(F)(F)F)n2)CC1. The molecular formula is C12H16F3N5O2. The van der Waals surface area contributed by atoms with Crippen molar-refractivity contribution in [1.82, 2.24) is 25.9 Å². The Bertz CT molecular complexity index is 565. The van der Waals surface area contributed by atoms with E-state index < -0.39 is 30.4 Å². The Balaban J connectivity index is 1.71. The second-order valence-corrected chi connectivity index (χ2v) is 5.56. The van der Waals surface area contributed by atoms with Crippen LogP contribution in [0.4, 0.5) is 18.0 Å². The maximum absolute atomic E-state index is 12.3. The van der Waals surface area contributed by atoms with Crippen LogP contribution in [0.3, 0.4) is 0 Å². The number of halogens is 3. The Labute approximate surface area is 124 Å². The van der Waals surface area contributed by atoms with Crippen LogP contribution in [-0.4, -0.2) is 28.3 Å². The van der Waals surface area contributed by atoms with E-state index in [1.807, 2.05) is 6.92 Å². The van der Waals surface area contributed by atoms with Crippen molar-refractivity contribution in [3.05, 3.63) is 18.0 Å². The molecule has 1 aromatic rings. The molecule has 0 aliphatic heterocycles. The molecule has 0 aromatic carbocycles. The molecule has 3 N–H and O–H groups in total. The molecule has 0 radical (unpaired) electrons. The molecular weight excluding hydrogens is 303 g/mol. The molecule has 0 spiro atoms. The van der Waals surface area contributed by atoms with Crippen LogP contribution in [0.2, 0.25) is 0 Å². The fourth-order valence-corrected chi connectivity index (χ4v) is 1.64. The number of carbonyl (C=O) groups is 2. The maximum Gasteiger partial charge on any atom is 0.435 e. The van der Waals surface area contributed by atoms with Gasteiger partial charge in [0, 0.05) is 12.7 Å². The fourth-order valence-electron chi connectivity index (χ4n) is 1.64. The van der Waals surface area contributed by atoms with Gasteiger partial charge in [-0.15, -0.1) is 0 Å². The Hall–Kier alpha value is -2.26. The second-order valence-electron chi connectivity index (χ2n) is 5.56. The molecule has 0 atom stereocenters. The van der Waals surface area contributed by atoms with Crippen LogP contribution in [0.1, 0.15) is 25.5 Å². The van der Waals surface area contributed by atoms with E-state index >= 15 is 0 Å². The van der Waals surface area contributed by atoms with E-state index in [1.54, 1.807) is 0 Å². The van der Waals surface area contributed by atoms with Crippen molar-refractivity contribution in [2.45, 2.75) is 32.5 Å². The number of aromatic nitrogens is 2. The van der Waals surface area contributed by atoms with Gasteiger partial charge in [0.05, 0.1) is 0 Å². The molecule has 2 rings (SSSR count). The van der Waals surface area contributed by atoms with Gasteiger partial charge in [-0.3, -0.25) is 14.9 Å². The summed E-state index contributed by atoms with van der Waals surface area (Å²) in [6, 6.07) is 0.196. The van der Waals surface area contributed by atoms with E-state index in [1.165, 1.54) is 0 Å². The number of rotatable bonds is 4. The molecule has 1 aliphatic carbocycles. The van der Waals surface area contributed by atoms with E-state index in [0.717, 1.165) is 29.8 Å². The highest BCUT2D eigenvalue weighted by Gasteiger charge is 2.37. The zero-order valence-corrected chi connectivity index (χ0v) is 11.8. The number of nitrogens with one attached hydrogen (secondary N) is 3. The molecule has 0 unspecified atom stereocenters. The number of alkyl halides is 3. The number of urea groups is 1. The normalized spacial score (nSPS) is 16.0. The summed E-state index contributed by atoms with van der Waals surface area (Å²) in [5, 5.41) is 5.82. The monoisotopic (exact) mass is 319 g/mol. The van der Waals surface area contributed by atoms with E-state index in [2.05, 4.69) is 21.3 Å². The van der Waals surface area contributed by atoms with E-state index in [9.17, 15) is 22.8 Å². The second kappa shape index (κ2) is 5.85. The van der Waals surface area contributed by atoms with Gasteiger partial charge in [-0.25, -0.2) is 10.2 Å². The Morgan fingerprint density at radius 2 is 2.05 bits per heavy atom. The Morgan fingerprint density at radius 3 is 2.59 bits per heavy atom. The Kier molecular flexibility index (Phi) is 4.29. The van der Waals surface area contributed by atoms with Crippen LogP contribution >= 0.6 is 0 Å². The maximum atomic E-state index is 12.3. The molecule has 0 bridgehead atoms. The lowest BCUT2D eigenvalue weighted by atomic mass is 10.1. The summed E-state index contributed by atoms with van der Waals surface area (Å²) in [5.74, 6) is -0.690. The standard InChI is InChI=1S/C12H16F3N5O2/c1-11(3-4-11)7-16-10(22)18-17-9(21)6-20-5-2-8(19-20)12(13,14)15/h2,5H,3-4,6-7H2,1H3,(H,17,21)(H2,16,18,22). The first-order chi connectivity index (χ1) is 10.2. The van der Waals surface area contributed by atoms with Gasteiger partial charge in [-0.1, -0.05) is 6.92 Å². The molecule has 10 heteroatoms. The van der Waals surface area contributed by atoms with Gasteiger partial charge in [0.1, 0.15) is 6.54 Å². The van der Waals surface area contributed by atoms with Crippen LogP contribution < -0.4 is 16.2 Å². The van der Waals surface area contributed by atoms with E-state index in [0.29, 0.717) is 6.54 Å². The molecule has 1 aliphatic rings. The summed E-state index contributed by atoms with van der Waals surface area (Å²) >= 11 is 0. The van der Waals surface area contributed by atoms with Crippen molar-refractivity contribution in [2.24, 2.45) is 5.41 Å². The predicted molar refractivity (Wildman–Crippen MR) is 69.2 cm³/mol. The van der Waals surface area contributed by atoms with Crippen LogP contribution in [0.25, 0.3) is 0 Å². The topological polar surface area (TPSA) is 88.0 Å². The minimum Gasteiger partial charge on any atom is -0.336 e. The third-order valence-electron chi connectivity index (χ3n) is 3.33. The number of hydrogen-bond donors (Lipinski definition) is 3. The Morgan fingerprint density at radius 1 is 1.36 bits per heavy atom. The molecule has 1 aromatic heterocycles. The molecule has 122 valence electrons. The molecule has 1 fully saturated rings. The molecule has 1 heterocycles. The van der Waals surface area contributed by atoms with Gasteiger partial charge in [0.2, 0.25) is 0 Å². The average molecular weight is 319 g/mol. The van der Waals surface area contributed by atoms with Crippen LogP contribution in [0.5, 0.6) is 0 Å². The first kappa shape index (κ1) is 16.1. The summed E-state index contributed by atoms with van der Waals surface area (Å²) in [6.07, 6.45) is -1.43. The zero-order valence-electron chi connectivity index (χ0n) is 11.8. The molecule has 7 nitrogen and oxygen atoms in total. The van der Waals surface area contributed by atoms with Crippen molar-refractivity contribution >= 4 is 11.9 Å². The summed E-state index contributed by atoms with van der Waals surface area (Å²) < 4.78 is 37.8. The van der Waals surface area contributed by atoms with Gasteiger partial charge < -0.3 is 5.32 Å². The number of amides is 3. The minimum atomic E-state index is -4.56. The number of hydrogen-bond acceptors (Lipinski definition) is 3. The van der Waals surface area contributed by atoms with Gasteiger partial charge in [0.15, 0.2) is 5.69 Å². The minimum absolute atomic E-state index is 0.129. The summed E-state index contributed by atoms with van der Waals surface area (Å²) in [6.45, 7) is 2.10. The summed E-state index contributed by atoms with van der Waals surface area (Å²) in [4.78, 5) is 22.9. The number of hydrazine groups is 1. The summed E-state index contributed by atoms with van der Waals surface area (Å²) in [5.41, 5.74) is 3.27. The third-order valence-corrected chi connectivity index (χ3v) is 3.33. The highest BCUT2D eigenvalue weighted by Crippen LogP contribution is 2.43. The van der Waals surface area contributed by atoms with E-state index in [-0.39, 0.29) is 5.41 Å². The molecule has 22 heavy (non-hydrogen) atoms. The van der Waals surface area contributed by atoms with Crippen LogP contribution in [0, 0.1) is 5.41 Å². The largest absolute Gasteiger partial charge is 0.435 e. The van der Waals surface area contributed by atoms with Crippen molar-refractivity contribution in [1.29, 1.82) is 0 Å². The van der Waals surface area contributed by atoms with Gasteiger partial charge >= 0.3 is 12.2 Å². The smallest absolute Gasteiger partial charge is 0.336 e. The molecule has 0 saturated heterocycles. The van der Waals surface area contributed by atoms with E-state index in [4.69, 9.17) is 0 Å². The molecule has 3 amide bonds. The van der Waals surface area contributed by atoms with Crippen molar-refractivity contribution in [2.75, 3.05) is 6.54 Å². The highest BCUT2D eigenvalue weighted by atomic mass is 19.4. The van der Waals surface area contributed by atoms with Gasteiger partial charge in [-0.2, -0.15) is 18.3 Å². The average Bonchev–Trinajstić information content (AvgIpc) is 2.96. The first-order valence-corrected chi connectivity index (χ1v) is 6.61.